The summed E-state index contributed by atoms with van der Waals surface area (Å²) in [4.78, 5) is 23.5. The standard InChI is InChI=1S/C14H18N2O4/c1-19-10-15-12(17)14(7-8-14)16-13(18)20-9-11-5-3-2-4-6-11/h2-6H,7-10H2,1H3,(H,15,17)(H,16,18). The van der Waals surface area contributed by atoms with Crippen LogP contribution in [0, 0.1) is 0 Å². The normalized spacial score (nSPS) is 15.2. The van der Waals surface area contributed by atoms with Crippen LogP contribution in [0.5, 0.6) is 0 Å². The van der Waals surface area contributed by atoms with Crippen molar-refractivity contribution >= 4 is 12.0 Å². The summed E-state index contributed by atoms with van der Waals surface area (Å²) >= 11 is 0. The van der Waals surface area contributed by atoms with Crippen molar-refractivity contribution in [3.63, 3.8) is 0 Å². The minimum absolute atomic E-state index is 0.126. The van der Waals surface area contributed by atoms with Gasteiger partial charge >= 0.3 is 6.09 Å². The highest BCUT2D eigenvalue weighted by atomic mass is 16.5. The highest BCUT2D eigenvalue weighted by Crippen LogP contribution is 2.35. The van der Waals surface area contributed by atoms with Crippen molar-refractivity contribution in [2.24, 2.45) is 0 Å². The van der Waals surface area contributed by atoms with Crippen molar-refractivity contribution in [3.05, 3.63) is 35.9 Å². The summed E-state index contributed by atoms with van der Waals surface area (Å²) in [6.45, 7) is 0.309. The van der Waals surface area contributed by atoms with Crippen molar-refractivity contribution in [2.75, 3.05) is 13.8 Å². The van der Waals surface area contributed by atoms with Crippen LogP contribution in [0.25, 0.3) is 0 Å². The second-order valence-corrected chi connectivity index (χ2v) is 4.71. The zero-order chi connectivity index (χ0) is 14.4. The molecule has 2 amide bonds. The first-order valence-corrected chi connectivity index (χ1v) is 6.42. The lowest BCUT2D eigenvalue weighted by atomic mass is 10.2. The molecule has 0 aromatic heterocycles. The Morgan fingerprint density at radius 3 is 2.55 bits per heavy atom. The lowest BCUT2D eigenvalue weighted by molar-refractivity contribution is -0.125. The molecular formula is C14H18N2O4. The average molecular weight is 278 g/mol. The molecule has 1 aromatic carbocycles. The number of alkyl carbamates (subject to hydrolysis) is 1. The zero-order valence-electron chi connectivity index (χ0n) is 11.3. The number of nitrogens with one attached hydrogen (secondary N) is 2. The Hall–Kier alpha value is -2.08. The van der Waals surface area contributed by atoms with Crippen molar-refractivity contribution in [1.29, 1.82) is 0 Å². The second kappa shape index (κ2) is 6.38. The van der Waals surface area contributed by atoms with Gasteiger partial charge in [0.25, 0.3) is 0 Å². The number of hydrogen-bond donors (Lipinski definition) is 2. The Labute approximate surface area is 117 Å². The summed E-state index contributed by atoms with van der Waals surface area (Å²) in [6, 6.07) is 9.37. The van der Waals surface area contributed by atoms with Crippen molar-refractivity contribution < 1.29 is 19.1 Å². The van der Waals surface area contributed by atoms with Crippen LogP contribution >= 0.6 is 0 Å². The smallest absolute Gasteiger partial charge is 0.408 e. The number of amides is 2. The molecule has 0 spiro atoms. The number of methoxy groups -OCH3 is 1. The van der Waals surface area contributed by atoms with Gasteiger partial charge in [0.2, 0.25) is 5.91 Å². The third-order valence-electron chi connectivity index (χ3n) is 3.12. The van der Waals surface area contributed by atoms with E-state index in [0.717, 1.165) is 5.56 Å². The topological polar surface area (TPSA) is 76.7 Å². The molecule has 0 bridgehead atoms. The third-order valence-corrected chi connectivity index (χ3v) is 3.12. The van der Waals surface area contributed by atoms with E-state index in [0.29, 0.717) is 12.8 Å². The second-order valence-electron chi connectivity index (χ2n) is 4.71. The summed E-state index contributed by atoms with van der Waals surface area (Å²) in [7, 11) is 1.49. The van der Waals surface area contributed by atoms with E-state index in [2.05, 4.69) is 10.6 Å². The van der Waals surface area contributed by atoms with E-state index in [-0.39, 0.29) is 19.2 Å². The molecule has 0 aliphatic heterocycles. The van der Waals surface area contributed by atoms with Gasteiger partial charge in [0.15, 0.2) is 0 Å². The summed E-state index contributed by atoms with van der Waals surface area (Å²) in [5.41, 5.74) is 0.0723. The van der Waals surface area contributed by atoms with Crippen LogP contribution in [-0.2, 0) is 20.9 Å². The summed E-state index contributed by atoms with van der Waals surface area (Å²) in [5, 5.41) is 5.20. The molecule has 0 radical (unpaired) electrons. The first-order chi connectivity index (χ1) is 9.66. The Bertz CT molecular complexity index is 471. The third kappa shape index (κ3) is 3.71. The van der Waals surface area contributed by atoms with Gasteiger partial charge in [0.05, 0.1) is 0 Å². The lowest BCUT2D eigenvalue weighted by Crippen LogP contribution is -2.49. The highest BCUT2D eigenvalue weighted by molar-refractivity contribution is 5.92. The van der Waals surface area contributed by atoms with Gasteiger partial charge in [-0.3, -0.25) is 4.79 Å². The van der Waals surface area contributed by atoms with Gasteiger partial charge in [-0.05, 0) is 18.4 Å². The van der Waals surface area contributed by atoms with Crippen LogP contribution in [0.1, 0.15) is 18.4 Å². The fourth-order valence-corrected chi connectivity index (χ4v) is 1.80. The Kier molecular flexibility index (Phi) is 4.57. The van der Waals surface area contributed by atoms with Gasteiger partial charge in [-0.2, -0.15) is 0 Å². The molecule has 1 aliphatic rings. The molecule has 0 atom stereocenters. The summed E-state index contributed by atoms with van der Waals surface area (Å²) < 4.78 is 9.87. The molecule has 0 heterocycles. The van der Waals surface area contributed by atoms with Crippen LogP contribution in [0.3, 0.4) is 0 Å². The van der Waals surface area contributed by atoms with Crippen LogP contribution in [0.2, 0.25) is 0 Å². The maximum absolute atomic E-state index is 11.8. The Balaban J connectivity index is 1.78. The molecule has 1 aliphatic carbocycles. The highest BCUT2D eigenvalue weighted by Gasteiger charge is 2.51. The van der Waals surface area contributed by atoms with Crippen molar-refractivity contribution in [1.82, 2.24) is 10.6 Å². The predicted molar refractivity (Wildman–Crippen MR) is 71.7 cm³/mol. The molecular weight excluding hydrogens is 260 g/mol. The van der Waals surface area contributed by atoms with Gasteiger partial charge in [0, 0.05) is 7.11 Å². The lowest BCUT2D eigenvalue weighted by Gasteiger charge is -2.16. The van der Waals surface area contributed by atoms with Crippen molar-refractivity contribution in [3.8, 4) is 0 Å². The summed E-state index contributed by atoms with van der Waals surface area (Å²) in [5.74, 6) is -0.240. The van der Waals surface area contributed by atoms with Gasteiger partial charge in [-0.25, -0.2) is 4.79 Å². The number of hydrogen-bond acceptors (Lipinski definition) is 4. The monoisotopic (exact) mass is 278 g/mol. The SMILES string of the molecule is COCNC(=O)C1(NC(=O)OCc2ccccc2)CC1. The van der Waals surface area contributed by atoms with Gasteiger partial charge < -0.3 is 20.1 Å². The average Bonchev–Trinajstić information content (AvgIpc) is 3.24. The van der Waals surface area contributed by atoms with E-state index < -0.39 is 11.6 Å². The molecule has 108 valence electrons. The first kappa shape index (κ1) is 14.3. The molecule has 6 nitrogen and oxygen atoms in total. The van der Waals surface area contributed by atoms with E-state index in [9.17, 15) is 9.59 Å². The molecule has 2 N–H and O–H groups in total. The maximum Gasteiger partial charge on any atom is 0.408 e. The van der Waals surface area contributed by atoms with E-state index >= 15 is 0 Å². The predicted octanol–water partition coefficient (Wildman–Crippen LogP) is 1.17. The Morgan fingerprint density at radius 1 is 1.25 bits per heavy atom. The van der Waals surface area contributed by atoms with E-state index in [1.165, 1.54) is 7.11 Å². The molecule has 20 heavy (non-hydrogen) atoms. The van der Waals surface area contributed by atoms with E-state index in [1.807, 2.05) is 30.3 Å². The maximum atomic E-state index is 11.8. The van der Waals surface area contributed by atoms with Gasteiger partial charge in [-0.15, -0.1) is 0 Å². The first-order valence-electron chi connectivity index (χ1n) is 6.42. The van der Waals surface area contributed by atoms with E-state index in [4.69, 9.17) is 9.47 Å². The number of carbonyl (C=O) groups is 2. The molecule has 0 saturated heterocycles. The number of benzene rings is 1. The minimum Gasteiger partial charge on any atom is -0.445 e. The molecule has 2 rings (SSSR count). The van der Waals surface area contributed by atoms with Gasteiger partial charge in [0.1, 0.15) is 18.9 Å². The number of carbonyl (C=O) groups excluding carboxylic acids is 2. The van der Waals surface area contributed by atoms with E-state index in [1.54, 1.807) is 0 Å². The zero-order valence-corrected chi connectivity index (χ0v) is 11.3. The molecule has 1 fully saturated rings. The number of ether oxygens (including phenoxy) is 2. The van der Waals surface area contributed by atoms with Crippen LogP contribution in [0.4, 0.5) is 4.79 Å². The summed E-state index contributed by atoms with van der Waals surface area (Å²) in [6.07, 6.45) is 0.644. The molecule has 1 saturated carbocycles. The molecule has 0 unspecified atom stereocenters. The van der Waals surface area contributed by atoms with Crippen molar-refractivity contribution in [2.45, 2.75) is 25.0 Å². The minimum atomic E-state index is -0.827. The fraction of sp³-hybridized carbons (Fsp3) is 0.429. The number of rotatable bonds is 6. The largest absolute Gasteiger partial charge is 0.445 e. The molecule has 1 aromatic rings. The van der Waals surface area contributed by atoms with Crippen LogP contribution < -0.4 is 10.6 Å². The van der Waals surface area contributed by atoms with Crippen LogP contribution in [0.15, 0.2) is 30.3 Å². The van der Waals surface area contributed by atoms with Gasteiger partial charge in [-0.1, -0.05) is 30.3 Å². The Morgan fingerprint density at radius 2 is 1.95 bits per heavy atom. The fourth-order valence-electron chi connectivity index (χ4n) is 1.80. The molecule has 6 heteroatoms. The van der Waals surface area contributed by atoms with Crippen LogP contribution in [-0.4, -0.2) is 31.4 Å². The quantitative estimate of drug-likeness (QED) is 0.766.